The van der Waals surface area contributed by atoms with Crippen LogP contribution in [-0.2, 0) is 17.8 Å². The molecule has 3 rings (SSSR count). The van der Waals surface area contributed by atoms with Crippen molar-refractivity contribution in [2.45, 2.75) is 40.7 Å². The minimum absolute atomic E-state index is 0.0628. The van der Waals surface area contributed by atoms with Crippen LogP contribution in [0.1, 0.15) is 37.7 Å². The molecule has 1 aromatic heterocycles. The Bertz CT molecular complexity index is 1070. The van der Waals surface area contributed by atoms with Crippen LogP contribution in [0.4, 0.5) is 16.2 Å². The summed E-state index contributed by atoms with van der Waals surface area (Å²) >= 11 is 0. The predicted octanol–water partition coefficient (Wildman–Crippen LogP) is 5.56. The molecule has 1 heterocycles. The molecule has 0 spiro atoms. The van der Waals surface area contributed by atoms with Crippen LogP contribution in [-0.4, -0.2) is 23.9 Å². The van der Waals surface area contributed by atoms with Crippen LogP contribution < -0.4 is 10.6 Å². The largest absolute Gasteiger partial charge is 0.461 e. The third-order valence-corrected chi connectivity index (χ3v) is 5.12. The Hall–Kier alpha value is -3.28. The van der Waals surface area contributed by atoms with Crippen molar-refractivity contribution >= 4 is 34.3 Å². The highest BCUT2D eigenvalue weighted by Gasteiger charge is 2.18. The van der Waals surface area contributed by atoms with Gasteiger partial charge in [-0.3, -0.25) is 4.79 Å². The first-order chi connectivity index (χ1) is 14.3. The summed E-state index contributed by atoms with van der Waals surface area (Å²) in [6, 6.07) is 13.2. The van der Waals surface area contributed by atoms with E-state index < -0.39 is 0 Å². The maximum atomic E-state index is 12.9. The van der Waals surface area contributed by atoms with Crippen molar-refractivity contribution in [1.82, 2.24) is 4.90 Å². The molecule has 0 aliphatic carbocycles. The highest BCUT2D eigenvalue weighted by atomic mass is 16.3. The van der Waals surface area contributed by atoms with Crippen LogP contribution in [0.2, 0.25) is 0 Å². The lowest BCUT2D eigenvalue weighted by Gasteiger charge is -2.19. The van der Waals surface area contributed by atoms with Crippen molar-refractivity contribution in [2.75, 3.05) is 17.7 Å². The lowest BCUT2D eigenvalue weighted by Crippen LogP contribution is -2.31. The molecular weight excluding hydrogens is 378 g/mol. The van der Waals surface area contributed by atoms with E-state index in [2.05, 4.69) is 10.6 Å². The summed E-state index contributed by atoms with van der Waals surface area (Å²) in [7, 11) is 1.76. The van der Waals surface area contributed by atoms with Gasteiger partial charge in [-0.1, -0.05) is 45.0 Å². The van der Waals surface area contributed by atoms with E-state index in [1.165, 1.54) is 0 Å². The Morgan fingerprint density at radius 1 is 1.10 bits per heavy atom. The molecule has 0 bridgehead atoms. The first-order valence-electron chi connectivity index (χ1n) is 10.2. The Kier molecular flexibility index (Phi) is 6.45. The molecule has 0 aliphatic heterocycles. The summed E-state index contributed by atoms with van der Waals surface area (Å²) < 4.78 is 5.94. The molecule has 2 aromatic carbocycles. The summed E-state index contributed by atoms with van der Waals surface area (Å²) in [6.07, 6.45) is 0.760. The van der Waals surface area contributed by atoms with Gasteiger partial charge in [0, 0.05) is 41.7 Å². The number of anilines is 2. The summed E-state index contributed by atoms with van der Waals surface area (Å²) in [5.74, 6) is 0.714. The minimum atomic E-state index is -0.224. The lowest BCUT2D eigenvalue weighted by molar-refractivity contribution is -0.118. The van der Waals surface area contributed by atoms with Crippen molar-refractivity contribution in [3.05, 3.63) is 59.4 Å². The molecule has 3 amide bonds. The van der Waals surface area contributed by atoms with Crippen molar-refractivity contribution < 1.29 is 14.0 Å². The van der Waals surface area contributed by atoms with E-state index in [1.54, 1.807) is 18.0 Å². The van der Waals surface area contributed by atoms with Gasteiger partial charge in [0.2, 0.25) is 5.91 Å². The van der Waals surface area contributed by atoms with Gasteiger partial charge in [0.05, 0.1) is 6.54 Å². The number of amides is 3. The molecule has 3 aromatic rings. The molecule has 0 saturated carbocycles. The highest BCUT2D eigenvalue weighted by molar-refractivity contribution is 5.95. The van der Waals surface area contributed by atoms with Crippen molar-refractivity contribution in [1.29, 1.82) is 0 Å². The predicted molar refractivity (Wildman–Crippen MR) is 121 cm³/mol. The zero-order chi connectivity index (χ0) is 21.8. The zero-order valence-corrected chi connectivity index (χ0v) is 18.2. The molecule has 30 heavy (non-hydrogen) atoms. The second kappa shape index (κ2) is 9.03. The molecule has 0 aliphatic rings. The fourth-order valence-corrected chi connectivity index (χ4v) is 3.25. The topological polar surface area (TPSA) is 74.6 Å². The van der Waals surface area contributed by atoms with Crippen LogP contribution in [0, 0.1) is 12.8 Å². The maximum absolute atomic E-state index is 12.9. The number of furan rings is 1. The van der Waals surface area contributed by atoms with Gasteiger partial charge in [-0.05, 0) is 30.7 Å². The van der Waals surface area contributed by atoms with Crippen LogP contribution in [0.5, 0.6) is 0 Å². The SMILES string of the molecule is CCc1oc2ccccc2c1CN(C)C(=O)Nc1cc(NC(=O)C(C)C)ccc1C. The van der Waals surface area contributed by atoms with Gasteiger partial charge in [0.1, 0.15) is 11.3 Å². The minimum Gasteiger partial charge on any atom is -0.461 e. The van der Waals surface area contributed by atoms with Crippen LogP contribution in [0.25, 0.3) is 11.0 Å². The molecule has 0 radical (unpaired) electrons. The van der Waals surface area contributed by atoms with Crippen LogP contribution >= 0.6 is 0 Å². The van der Waals surface area contributed by atoms with Gasteiger partial charge >= 0.3 is 6.03 Å². The van der Waals surface area contributed by atoms with Crippen LogP contribution in [0.3, 0.4) is 0 Å². The molecular formula is C24H29N3O3. The Morgan fingerprint density at radius 2 is 1.83 bits per heavy atom. The maximum Gasteiger partial charge on any atom is 0.321 e. The third kappa shape index (κ3) is 4.64. The number of benzene rings is 2. The van der Waals surface area contributed by atoms with Gasteiger partial charge in [0.25, 0.3) is 0 Å². The first kappa shape index (κ1) is 21.4. The summed E-state index contributed by atoms with van der Waals surface area (Å²) in [4.78, 5) is 26.5. The highest BCUT2D eigenvalue weighted by Crippen LogP contribution is 2.28. The van der Waals surface area contributed by atoms with Crippen LogP contribution in [0.15, 0.2) is 46.9 Å². The first-order valence-corrected chi connectivity index (χ1v) is 10.2. The van der Waals surface area contributed by atoms with Crippen molar-refractivity contribution in [3.8, 4) is 0 Å². The normalized spacial score (nSPS) is 11.0. The number of carbonyl (C=O) groups excluding carboxylic acids is 2. The molecule has 0 saturated heterocycles. The second-order valence-electron chi connectivity index (χ2n) is 7.81. The number of hydrogen-bond donors (Lipinski definition) is 2. The smallest absolute Gasteiger partial charge is 0.321 e. The lowest BCUT2D eigenvalue weighted by atomic mass is 10.1. The number of fused-ring (bicyclic) bond motifs is 1. The zero-order valence-electron chi connectivity index (χ0n) is 18.2. The summed E-state index contributed by atoms with van der Waals surface area (Å²) in [5, 5.41) is 6.85. The fourth-order valence-electron chi connectivity index (χ4n) is 3.25. The Morgan fingerprint density at radius 3 is 2.53 bits per heavy atom. The van der Waals surface area contributed by atoms with E-state index in [4.69, 9.17) is 4.42 Å². The van der Waals surface area contributed by atoms with Crippen molar-refractivity contribution in [2.24, 2.45) is 5.92 Å². The number of nitrogens with zero attached hydrogens (tertiary/aromatic N) is 1. The molecule has 0 atom stereocenters. The number of urea groups is 1. The number of rotatable bonds is 6. The fraction of sp³-hybridized carbons (Fsp3) is 0.333. The molecule has 0 fully saturated rings. The Labute approximate surface area is 177 Å². The Balaban J connectivity index is 1.76. The molecule has 6 heteroatoms. The van der Waals surface area contributed by atoms with E-state index in [0.29, 0.717) is 17.9 Å². The van der Waals surface area contributed by atoms with E-state index in [-0.39, 0.29) is 17.9 Å². The second-order valence-corrected chi connectivity index (χ2v) is 7.81. The average molecular weight is 408 g/mol. The van der Waals surface area contributed by atoms with Gasteiger partial charge in [-0.2, -0.15) is 0 Å². The average Bonchev–Trinajstić information content (AvgIpc) is 3.07. The van der Waals surface area contributed by atoms with Gasteiger partial charge in [-0.15, -0.1) is 0 Å². The quantitative estimate of drug-likeness (QED) is 0.561. The van der Waals surface area contributed by atoms with Gasteiger partial charge < -0.3 is 20.0 Å². The summed E-state index contributed by atoms with van der Waals surface area (Å²) in [5.41, 5.74) is 4.11. The van der Waals surface area contributed by atoms with E-state index in [9.17, 15) is 9.59 Å². The third-order valence-electron chi connectivity index (χ3n) is 5.12. The van der Waals surface area contributed by atoms with E-state index in [0.717, 1.165) is 34.3 Å². The monoisotopic (exact) mass is 407 g/mol. The van der Waals surface area contributed by atoms with E-state index >= 15 is 0 Å². The molecule has 6 nitrogen and oxygen atoms in total. The molecule has 2 N–H and O–H groups in total. The number of aryl methyl sites for hydroxylation is 2. The van der Waals surface area contributed by atoms with Crippen molar-refractivity contribution in [3.63, 3.8) is 0 Å². The number of para-hydroxylation sites is 1. The number of hydrogen-bond acceptors (Lipinski definition) is 3. The number of carbonyl (C=O) groups is 2. The molecule has 0 unspecified atom stereocenters. The van der Waals surface area contributed by atoms with E-state index in [1.807, 2.05) is 64.1 Å². The standard InChI is InChI=1S/C24H29N3O3/c1-6-21-19(18-9-7-8-10-22(18)30-21)14-27(5)24(29)26-20-13-17(12-11-16(20)4)25-23(28)15(2)3/h7-13,15H,6,14H2,1-5H3,(H,25,28)(H,26,29). The van der Waals surface area contributed by atoms with Gasteiger partial charge in [0.15, 0.2) is 0 Å². The number of nitrogens with one attached hydrogen (secondary N) is 2. The summed E-state index contributed by atoms with van der Waals surface area (Å²) in [6.45, 7) is 8.08. The van der Waals surface area contributed by atoms with Gasteiger partial charge in [-0.25, -0.2) is 4.79 Å². The molecule has 158 valence electrons.